The van der Waals surface area contributed by atoms with E-state index >= 15 is 0 Å². The smallest absolute Gasteiger partial charge is 0.161 e. The van der Waals surface area contributed by atoms with Crippen LogP contribution in [0.5, 0.6) is 11.5 Å². The van der Waals surface area contributed by atoms with Gasteiger partial charge >= 0.3 is 0 Å². The maximum Gasteiger partial charge on any atom is 0.161 e. The Kier molecular flexibility index (Phi) is 3.88. The summed E-state index contributed by atoms with van der Waals surface area (Å²) in [4.78, 5) is 0. The molecule has 1 unspecified atom stereocenters. The van der Waals surface area contributed by atoms with Gasteiger partial charge in [0.15, 0.2) is 11.5 Å². The van der Waals surface area contributed by atoms with E-state index in [2.05, 4.69) is 19.1 Å². The molecule has 0 spiro atoms. The molecule has 1 aromatic rings. The number of ether oxygens (including phenoxy) is 2. The maximum atomic E-state index is 6.68. The molecule has 2 nitrogen and oxygen atoms in total. The lowest BCUT2D eigenvalue weighted by Gasteiger charge is -2.30. The van der Waals surface area contributed by atoms with E-state index in [1.54, 1.807) is 0 Å². The zero-order chi connectivity index (χ0) is 13.2. The minimum absolute atomic E-state index is 0.100. The van der Waals surface area contributed by atoms with E-state index in [9.17, 15) is 0 Å². The fourth-order valence-corrected chi connectivity index (χ4v) is 3.47. The van der Waals surface area contributed by atoms with E-state index in [-0.39, 0.29) is 5.38 Å². The molecule has 1 fully saturated rings. The molecular formula is C16H21ClO2. The predicted octanol–water partition coefficient (Wildman–Crippen LogP) is 4.56. The van der Waals surface area contributed by atoms with E-state index < -0.39 is 0 Å². The molecule has 0 saturated heterocycles. The topological polar surface area (TPSA) is 18.5 Å². The van der Waals surface area contributed by atoms with Crippen molar-refractivity contribution in [3.63, 3.8) is 0 Å². The van der Waals surface area contributed by atoms with Gasteiger partial charge in [0.25, 0.3) is 0 Å². The molecule has 1 saturated carbocycles. The second-order valence-corrected chi connectivity index (χ2v) is 6.30. The molecule has 0 radical (unpaired) electrons. The number of benzene rings is 1. The maximum absolute atomic E-state index is 6.68. The van der Waals surface area contributed by atoms with Crippen LogP contribution in [0.15, 0.2) is 18.2 Å². The molecule has 19 heavy (non-hydrogen) atoms. The summed E-state index contributed by atoms with van der Waals surface area (Å²) in [6.45, 7) is 3.60. The Morgan fingerprint density at radius 2 is 1.74 bits per heavy atom. The lowest BCUT2D eigenvalue weighted by Crippen LogP contribution is -2.18. The Labute approximate surface area is 120 Å². The summed E-state index contributed by atoms with van der Waals surface area (Å²) in [7, 11) is 0. The predicted molar refractivity (Wildman–Crippen MR) is 77.1 cm³/mol. The summed E-state index contributed by atoms with van der Waals surface area (Å²) >= 11 is 6.68. The summed E-state index contributed by atoms with van der Waals surface area (Å²) in [5, 5.41) is 0.100. The zero-order valence-corrected chi connectivity index (χ0v) is 12.2. The molecule has 0 aromatic heterocycles. The molecule has 0 bridgehead atoms. The quantitative estimate of drug-likeness (QED) is 0.739. The molecule has 0 amide bonds. The Morgan fingerprint density at radius 3 is 2.47 bits per heavy atom. The van der Waals surface area contributed by atoms with Crippen molar-refractivity contribution in [2.45, 2.75) is 38.0 Å². The first-order valence-electron chi connectivity index (χ1n) is 7.27. The van der Waals surface area contributed by atoms with Crippen LogP contribution >= 0.6 is 11.6 Å². The first kappa shape index (κ1) is 13.1. The first-order valence-corrected chi connectivity index (χ1v) is 7.71. The van der Waals surface area contributed by atoms with E-state index in [4.69, 9.17) is 21.1 Å². The van der Waals surface area contributed by atoms with E-state index in [0.29, 0.717) is 19.1 Å². The van der Waals surface area contributed by atoms with Crippen molar-refractivity contribution in [3.05, 3.63) is 23.8 Å². The highest BCUT2D eigenvalue weighted by atomic mass is 35.5. The molecule has 1 aromatic carbocycles. The zero-order valence-electron chi connectivity index (χ0n) is 11.4. The highest BCUT2D eigenvalue weighted by molar-refractivity contribution is 6.21. The largest absolute Gasteiger partial charge is 0.486 e. The number of hydrogen-bond acceptors (Lipinski definition) is 2. The first-order chi connectivity index (χ1) is 9.24. The second-order valence-electron chi connectivity index (χ2n) is 5.82. The molecule has 2 aliphatic rings. The third kappa shape index (κ3) is 2.84. The van der Waals surface area contributed by atoms with Crippen LogP contribution in [-0.2, 0) is 0 Å². The summed E-state index contributed by atoms with van der Waals surface area (Å²) in [5.74, 6) is 3.15. The Bertz CT molecular complexity index is 438. The van der Waals surface area contributed by atoms with Crippen molar-refractivity contribution >= 4 is 11.6 Å². The van der Waals surface area contributed by atoms with Gasteiger partial charge in [0.2, 0.25) is 0 Å². The van der Waals surface area contributed by atoms with Gasteiger partial charge in [0.05, 0.1) is 5.38 Å². The fourth-order valence-electron chi connectivity index (χ4n) is 3.08. The van der Waals surface area contributed by atoms with E-state index in [1.807, 2.05) is 6.07 Å². The van der Waals surface area contributed by atoms with Crippen molar-refractivity contribution in [1.82, 2.24) is 0 Å². The van der Waals surface area contributed by atoms with Crippen LogP contribution in [0.4, 0.5) is 0 Å². The van der Waals surface area contributed by atoms with Gasteiger partial charge in [-0.1, -0.05) is 25.8 Å². The molecule has 104 valence electrons. The van der Waals surface area contributed by atoms with Gasteiger partial charge in [-0.3, -0.25) is 0 Å². The molecular weight excluding hydrogens is 260 g/mol. The summed E-state index contributed by atoms with van der Waals surface area (Å²) in [5.41, 5.74) is 1.17. The van der Waals surface area contributed by atoms with Crippen LogP contribution in [0.1, 0.15) is 43.5 Å². The van der Waals surface area contributed by atoms with Crippen molar-refractivity contribution < 1.29 is 9.47 Å². The van der Waals surface area contributed by atoms with Gasteiger partial charge in [-0.25, -0.2) is 0 Å². The van der Waals surface area contributed by atoms with Crippen molar-refractivity contribution in [1.29, 1.82) is 0 Å². The lowest BCUT2D eigenvalue weighted by molar-refractivity contribution is 0.171. The van der Waals surface area contributed by atoms with Crippen molar-refractivity contribution in [2.75, 3.05) is 13.2 Å². The van der Waals surface area contributed by atoms with Crippen LogP contribution in [0.3, 0.4) is 0 Å². The van der Waals surface area contributed by atoms with Crippen LogP contribution < -0.4 is 9.47 Å². The average Bonchev–Trinajstić information content (AvgIpc) is 2.47. The van der Waals surface area contributed by atoms with E-state index in [0.717, 1.165) is 17.4 Å². The second kappa shape index (κ2) is 5.62. The molecule has 3 heteroatoms. The third-order valence-electron chi connectivity index (χ3n) is 4.36. The van der Waals surface area contributed by atoms with Crippen LogP contribution in [0, 0.1) is 11.8 Å². The van der Waals surface area contributed by atoms with Gasteiger partial charge in [-0.2, -0.15) is 0 Å². The summed E-state index contributed by atoms with van der Waals surface area (Å²) < 4.78 is 11.2. The van der Waals surface area contributed by atoms with Crippen LogP contribution in [0.2, 0.25) is 0 Å². The number of alkyl halides is 1. The van der Waals surface area contributed by atoms with Gasteiger partial charge in [0.1, 0.15) is 13.2 Å². The Morgan fingerprint density at radius 1 is 1.05 bits per heavy atom. The van der Waals surface area contributed by atoms with Crippen LogP contribution in [0.25, 0.3) is 0 Å². The minimum atomic E-state index is 0.100. The van der Waals surface area contributed by atoms with Crippen molar-refractivity contribution in [2.24, 2.45) is 11.8 Å². The van der Waals surface area contributed by atoms with Gasteiger partial charge in [-0.05, 0) is 42.4 Å². The molecule has 1 aliphatic carbocycles. The van der Waals surface area contributed by atoms with Crippen molar-refractivity contribution in [3.8, 4) is 11.5 Å². The monoisotopic (exact) mass is 280 g/mol. The van der Waals surface area contributed by atoms with Gasteiger partial charge in [-0.15, -0.1) is 11.6 Å². The Hall–Kier alpha value is -0.890. The standard InChI is InChI=1S/C16H21ClO2/c1-11-2-4-12(5-3-11)16(17)13-6-7-14-15(10-13)19-9-8-18-14/h6-7,10-12,16H,2-5,8-9H2,1H3. The van der Waals surface area contributed by atoms with Gasteiger partial charge in [0, 0.05) is 0 Å². The average molecular weight is 281 g/mol. The molecule has 1 aliphatic heterocycles. The number of hydrogen-bond donors (Lipinski definition) is 0. The highest BCUT2D eigenvalue weighted by Crippen LogP contribution is 2.42. The highest BCUT2D eigenvalue weighted by Gasteiger charge is 2.26. The van der Waals surface area contributed by atoms with E-state index in [1.165, 1.54) is 31.2 Å². The summed E-state index contributed by atoms with van der Waals surface area (Å²) in [6.07, 6.45) is 5.09. The molecule has 0 N–H and O–H groups in total. The van der Waals surface area contributed by atoms with Gasteiger partial charge < -0.3 is 9.47 Å². The number of fused-ring (bicyclic) bond motifs is 1. The number of rotatable bonds is 2. The molecule has 1 atom stereocenters. The third-order valence-corrected chi connectivity index (χ3v) is 4.97. The normalized spacial score (nSPS) is 27.9. The van der Waals surface area contributed by atoms with Crippen LogP contribution in [-0.4, -0.2) is 13.2 Å². The Balaban J connectivity index is 1.74. The summed E-state index contributed by atoms with van der Waals surface area (Å²) in [6, 6.07) is 6.14. The SMILES string of the molecule is CC1CCC(C(Cl)c2ccc3c(c2)OCCO3)CC1. The lowest BCUT2D eigenvalue weighted by atomic mass is 9.80. The fraction of sp³-hybridized carbons (Fsp3) is 0.625. The minimum Gasteiger partial charge on any atom is -0.486 e. The molecule has 1 heterocycles. The number of halogens is 1. The molecule has 3 rings (SSSR count).